The average Bonchev–Trinajstić information content (AvgIpc) is 3.34. The fourth-order valence-electron chi connectivity index (χ4n) is 4.87. The Morgan fingerprint density at radius 2 is 1.97 bits per heavy atom. The van der Waals surface area contributed by atoms with Crippen LogP contribution >= 0.6 is 0 Å². The lowest BCUT2D eigenvalue weighted by Crippen LogP contribution is -2.54. The van der Waals surface area contributed by atoms with E-state index in [2.05, 4.69) is 26.0 Å². The van der Waals surface area contributed by atoms with Crippen molar-refractivity contribution in [1.82, 2.24) is 30.5 Å². The van der Waals surface area contributed by atoms with Crippen LogP contribution in [0.4, 0.5) is 4.39 Å². The van der Waals surface area contributed by atoms with E-state index in [-0.39, 0.29) is 30.1 Å². The van der Waals surface area contributed by atoms with Gasteiger partial charge < -0.3 is 21.1 Å². The molecule has 3 atom stereocenters. The minimum Gasteiger partial charge on any atom is -0.386 e. The molecule has 0 saturated heterocycles. The molecular formula is C27H32FN7O3. The van der Waals surface area contributed by atoms with Gasteiger partial charge in [0.1, 0.15) is 17.7 Å². The van der Waals surface area contributed by atoms with E-state index in [1.807, 2.05) is 6.07 Å². The third-order valence-electron chi connectivity index (χ3n) is 6.96. The molecule has 0 radical (unpaired) electrons. The summed E-state index contributed by atoms with van der Waals surface area (Å²) in [5.41, 5.74) is -0.373. The number of nitrogens with zero attached hydrogens (tertiary/aromatic N) is 4. The monoisotopic (exact) mass is 521 g/mol. The van der Waals surface area contributed by atoms with Gasteiger partial charge in [-0.25, -0.2) is 8.91 Å². The molecule has 11 heteroatoms. The predicted molar refractivity (Wildman–Crippen MR) is 138 cm³/mol. The van der Waals surface area contributed by atoms with E-state index in [1.165, 1.54) is 37.0 Å². The lowest BCUT2D eigenvalue weighted by molar-refractivity contribution is -0.119. The number of alkyl halides is 1. The third kappa shape index (κ3) is 6.33. The Balaban J connectivity index is 1.53. The molecule has 0 aromatic carbocycles. The Bertz CT molecular complexity index is 1310. The molecule has 4 N–H and O–H groups in total. The largest absolute Gasteiger partial charge is 0.386 e. The molecule has 38 heavy (non-hydrogen) atoms. The predicted octanol–water partition coefficient (Wildman–Crippen LogP) is 2.20. The summed E-state index contributed by atoms with van der Waals surface area (Å²) in [6.45, 7) is 2.85. The molecule has 1 aliphatic rings. The zero-order chi connectivity index (χ0) is 27.3. The van der Waals surface area contributed by atoms with Crippen LogP contribution in [0.1, 0.15) is 67.2 Å². The van der Waals surface area contributed by atoms with Crippen molar-refractivity contribution in [3.63, 3.8) is 0 Å². The molecule has 10 nitrogen and oxygen atoms in total. The highest BCUT2D eigenvalue weighted by Gasteiger charge is 2.41. The van der Waals surface area contributed by atoms with Crippen LogP contribution in [-0.2, 0) is 4.79 Å². The quantitative estimate of drug-likeness (QED) is 0.338. The Morgan fingerprint density at radius 1 is 1.24 bits per heavy atom. The summed E-state index contributed by atoms with van der Waals surface area (Å²) >= 11 is 0. The van der Waals surface area contributed by atoms with Gasteiger partial charge in [0.2, 0.25) is 5.91 Å². The molecule has 2 amide bonds. The first-order chi connectivity index (χ1) is 18.2. The number of aromatic nitrogens is 3. The van der Waals surface area contributed by atoms with Crippen molar-refractivity contribution < 1.29 is 19.1 Å². The molecule has 3 aromatic heterocycles. The summed E-state index contributed by atoms with van der Waals surface area (Å²) in [6, 6.07) is 9.06. The van der Waals surface area contributed by atoms with Crippen molar-refractivity contribution in [3.05, 3.63) is 65.7 Å². The van der Waals surface area contributed by atoms with Gasteiger partial charge in [-0.3, -0.25) is 14.6 Å². The van der Waals surface area contributed by atoms with Crippen molar-refractivity contribution in [1.29, 1.82) is 5.26 Å². The maximum absolute atomic E-state index is 16.3. The van der Waals surface area contributed by atoms with Gasteiger partial charge in [0, 0.05) is 37.9 Å². The lowest BCUT2D eigenvalue weighted by Gasteiger charge is -2.36. The van der Waals surface area contributed by atoms with Crippen LogP contribution < -0.4 is 16.0 Å². The molecule has 0 spiro atoms. The van der Waals surface area contributed by atoms with Gasteiger partial charge in [0.15, 0.2) is 6.17 Å². The summed E-state index contributed by atoms with van der Waals surface area (Å²) in [5.74, 6) is -0.602. The van der Waals surface area contributed by atoms with Crippen LogP contribution in [0.25, 0.3) is 5.52 Å². The SMILES string of the molecule is CC(=O)NC1CCC(NC[C@](C)(O)[C@H](F)[C@@H](NC(=O)c2cccnc2)c2ccc3cc(C#N)cnn23)CC1. The first-order valence-corrected chi connectivity index (χ1v) is 12.6. The number of pyridine rings is 1. The van der Waals surface area contributed by atoms with Crippen LogP contribution in [-0.4, -0.2) is 61.9 Å². The standard InChI is InChI=1S/C27H32FN7O3/c1-17(36)33-21-7-5-20(6-8-21)31-16-27(2,38)25(28)24(34-26(37)19-4-3-11-30-15-19)23-10-9-22-12-18(13-29)14-32-35(22)23/h3-4,9-12,14-15,20-21,24-25,31,38H,5-8,16H2,1-2H3,(H,33,36)(H,34,37)/t20?,21?,24-,25+,27-/m0/s1. The van der Waals surface area contributed by atoms with E-state index in [0.29, 0.717) is 16.8 Å². The van der Waals surface area contributed by atoms with Crippen molar-refractivity contribution in [2.24, 2.45) is 0 Å². The summed E-state index contributed by atoms with van der Waals surface area (Å²) in [6.07, 6.45) is 5.53. The summed E-state index contributed by atoms with van der Waals surface area (Å²) < 4.78 is 17.7. The zero-order valence-corrected chi connectivity index (χ0v) is 21.4. The van der Waals surface area contributed by atoms with Gasteiger partial charge in [-0.1, -0.05) is 0 Å². The van der Waals surface area contributed by atoms with Crippen molar-refractivity contribution in [3.8, 4) is 6.07 Å². The van der Waals surface area contributed by atoms with Crippen molar-refractivity contribution in [2.75, 3.05) is 6.54 Å². The topological polar surface area (TPSA) is 144 Å². The number of carbonyl (C=O) groups is 2. The number of carbonyl (C=O) groups excluding carboxylic acids is 2. The first kappa shape index (κ1) is 27.2. The second kappa shape index (κ2) is 11.7. The van der Waals surface area contributed by atoms with E-state index < -0.39 is 23.7 Å². The molecule has 3 aromatic rings. The highest BCUT2D eigenvalue weighted by Crippen LogP contribution is 2.30. The Kier molecular flexibility index (Phi) is 8.34. The highest BCUT2D eigenvalue weighted by atomic mass is 19.1. The van der Waals surface area contributed by atoms with Crippen molar-refractivity contribution >= 4 is 17.3 Å². The van der Waals surface area contributed by atoms with Gasteiger partial charge in [-0.2, -0.15) is 10.4 Å². The van der Waals surface area contributed by atoms with Crippen LogP contribution in [0, 0.1) is 11.3 Å². The molecule has 1 fully saturated rings. The van der Waals surface area contributed by atoms with Gasteiger partial charge in [0.25, 0.3) is 5.91 Å². The van der Waals surface area contributed by atoms with E-state index in [1.54, 1.807) is 30.3 Å². The summed E-state index contributed by atoms with van der Waals surface area (Å²) in [7, 11) is 0. The number of hydrogen-bond acceptors (Lipinski definition) is 7. The van der Waals surface area contributed by atoms with Gasteiger partial charge in [-0.05, 0) is 62.9 Å². The Labute approximate surface area is 220 Å². The number of hydrogen-bond donors (Lipinski definition) is 4. The van der Waals surface area contributed by atoms with Crippen LogP contribution in [0.15, 0.2) is 48.9 Å². The number of amides is 2. The minimum absolute atomic E-state index is 0.0434. The third-order valence-corrected chi connectivity index (χ3v) is 6.96. The number of aliphatic hydroxyl groups is 1. The van der Waals surface area contributed by atoms with Crippen LogP contribution in [0.2, 0.25) is 0 Å². The summed E-state index contributed by atoms with van der Waals surface area (Å²) in [5, 5.41) is 33.6. The normalized spacial score (nSPS) is 20.6. The molecule has 200 valence electrons. The fraction of sp³-hybridized carbons (Fsp3) is 0.444. The van der Waals surface area contributed by atoms with E-state index in [4.69, 9.17) is 0 Å². The molecule has 3 heterocycles. The second-order valence-corrected chi connectivity index (χ2v) is 10.0. The smallest absolute Gasteiger partial charge is 0.253 e. The molecule has 1 aliphatic carbocycles. The van der Waals surface area contributed by atoms with Crippen molar-refractivity contribution in [2.45, 2.75) is 69.4 Å². The van der Waals surface area contributed by atoms with E-state index in [0.717, 1.165) is 25.7 Å². The molecule has 0 unspecified atom stereocenters. The lowest BCUT2D eigenvalue weighted by atomic mass is 9.89. The molecule has 0 bridgehead atoms. The number of nitrogens with one attached hydrogen (secondary N) is 3. The fourth-order valence-corrected chi connectivity index (χ4v) is 4.87. The number of fused-ring (bicyclic) bond motifs is 1. The molecule has 4 rings (SSSR count). The van der Waals surface area contributed by atoms with E-state index >= 15 is 4.39 Å². The minimum atomic E-state index is -1.91. The molecule has 0 aliphatic heterocycles. The molecule has 1 saturated carbocycles. The van der Waals surface area contributed by atoms with Gasteiger partial charge in [0.05, 0.1) is 28.5 Å². The Morgan fingerprint density at radius 3 is 2.63 bits per heavy atom. The van der Waals surface area contributed by atoms with Crippen LogP contribution in [0.3, 0.4) is 0 Å². The van der Waals surface area contributed by atoms with Crippen LogP contribution in [0.5, 0.6) is 0 Å². The highest BCUT2D eigenvalue weighted by molar-refractivity contribution is 5.94. The molecular weight excluding hydrogens is 489 g/mol. The zero-order valence-electron chi connectivity index (χ0n) is 21.4. The average molecular weight is 522 g/mol. The Hall–Kier alpha value is -3.88. The van der Waals surface area contributed by atoms with Gasteiger partial charge >= 0.3 is 0 Å². The maximum atomic E-state index is 16.3. The number of nitriles is 1. The summed E-state index contributed by atoms with van der Waals surface area (Å²) in [4.78, 5) is 28.3. The number of halogens is 1. The maximum Gasteiger partial charge on any atom is 0.253 e. The van der Waals surface area contributed by atoms with E-state index in [9.17, 15) is 20.0 Å². The second-order valence-electron chi connectivity index (χ2n) is 10.0. The first-order valence-electron chi connectivity index (χ1n) is 12.6. The number of rotatable bonds is 9. The van der Waals surface area contributed by atoms with Gasteiger partial charge in [-0.15, -0.1) is 0 Å².